The van der Waals surface area contributed by atoms with Crippen molar-refractivity contribution in [3.63, 3.8) is 0 Å². The van der Waals surface area contributed by atoms with E-state index in [0.29, 0.717) is 0 Å². The van der Waals surface area contributed by atoms with E-state index in [1.807, 2.05) is 0 Å². The van der Waals surface area contributed by atoms with Crippen molar-refractivity contribution in [1.82, 2.24) is 26.2 Å². The molecule has 0 atom stereocenters. The monoisotopic (exact) mass is 393 g/mol. The summed E-state index contributed by atoms with van der Waals surface area (Å²) in [5, 5.41) is 15.0. The van der Waals surface area contributed by atoms with Crippen LogP contribution < -0.4 is 21.3 Å². The predicted molar refractivity (Wildman–Crippen MR) is 120 cm³/mol. The van der Waals surface area contributed by atoms with E-state index in [0.717, 1.165) is 37.8 Å². The molecule has 0 aromatic carbocycles. The Morgan fingerprint density at radius 2 is 0.929 bits per heavy atom. The van der Waals surface area contributed by atoms with Crippen LogP contribution >= 0.6 is 0 Å². The van der Waals surface area contributed by atoms with Crippen LogP contribution in [0, 0.1) is 0 Å². The average molecular weight is 394 g/mol. The number of piperidine rings is 1. The van der Waals surface area contributed by atoms with E-state index in [9.17, 15) is 0 Å². The van der Waals surface area contributed by atoms with Gasteiger partial charge in [-0.15, -0.1) is 0 Å². The summed E-state index contributed by atoms with van der Waals surface area (Å²) in [5.74, 6) is 0. The maximum atomic E-state index is 3.84. The summed E-state index contributed by atoms with van der Waals surface area (Å²) in [6, 6.07) is 2.29. The van der Waals surface area contributed by atoms with Gasteiger partial charge in [0.15, 0.2) is 0 Å². The van der Waals surface area contributed by atoms with Crippen LogP contribution in [0.2, 0.25) is 0 Å². The van der Waals surface area contributed by atoms with E-state index in [1.165, 1.54) is 110 Å². The molecule has 0 aromatic heterocycles. The van der Waals surface area contributed by atoms with Crippen molar-refractivity contribution in [2.75, 3.05) is 52.4 Å². The minimum atomic E-state index is 0.726. The molecule has 5 heteroatoms. The molecule has 0 spiro atoms. The molecular formula is C23H47N5. The van der Waals surface area contributed by atoms with Crippen LogP contribution in [0.3, 0.4) is 0 Å². The fourth-order valence-corrected chi connectivity index (χ4v) is 5.26. The van der Waals surface area contributed by atoms with E-state index in [1.54, 1.807) is 0 Å². The molecule has 2 saturated carbocycles. The zero-order valence-corrected chi connectivity index (χ0v) is 18.3. The summed E-state index contributed by atoms with van der Waals surface area (Å²) in [5.41, 5.74) is 0. The first-order chi connectivity index (χ1) is 13.9. The molecule has 3 fully saturated rings. The lowest BCUT2D eigenvalue weighted by Crippen LogP contribution is -2.46. The first-order valence-corrected chi connectivity index (χ1v) is 12.5. The third-order valence-corrected chi connectivity index (χ3v) is 7.13. The van der Waals surface area contributed by atoms with Crippen LogP contribution in [0.5, 0.6) is 0 Å². The third kappa shape index (κ3) is 9.08. The maximum absolute atomic E-state index is 3.84. The fraction of sp³-hybridized carbons (Fsp3) is 1.00. The van der Waals surface area contributed by atoms with Crippen LogP contribution in [0.15, 0.2) is 0 Å². The summed E-state index contributed by atoms with van der Waals surface area (Å²) >= 11 is 0. The lowest BCUT2D eigenvalue weighted by atomic mass is 9.95. The number of hydrogen-bond donors (Lipinski definition) is 4. The fourth-order valence-electron chi connectivity index (χ4n) is 5.26. The van der Waals surface area contributed by atoms with Crippen LogP contribution in [0.4, 0.5) is 0 Å². The zero-order valence-electron chi connectivity index (χ0n) is 18.3. The molecule has 0 radical (unpaired) electrons. The molecule has 1 aliphatic heterocycles. The lowest BCUT2D eigenvalue weighted by molar-refractivity contribution is 0.245. The van der Waals surface area contributed by atoms with Crippen LogP contribution in [0.1, 0.15) is 77.0 Å². The normalized spacial score (nSPS) is 23.5. The molecule has 2 aliphatic carbocycles. The standard InChI is InChI=1S/C23H47N5/c1-3-7-21(8-4-1)25-15-18-28(19-16-26-22-9-5-2-6-10-22)20-17-27-23-11-13-24-14-12-23/h21-27H,1-20H2. The number of nitrogens with zero attached hydrogens (tertiary/aromatic N) is 1. The molecule has 164 valence electrons. The molecule has 4 N–H and O–H groups in total. The Bertz CT molecular complexity index is 316. The van der Waals surface area contributed by atoms with Gasteiger partial charge in [0.25, 0.3) is 0 Å². The Morgan fingerprint density at radius 3 is 1.36 bits per heavy atom. The lowest BCUT2D eigenvalue weighted by Gasteiger charge is -2.29. The highest BCUT2D eigenvalue weighted by Gasteiger charge is 2.16. The van der Waals surface area contributed by atoms with E-state index in [4.69, 9.17) is 0 Å². The van der Waals surface area contributed by atoms with Gasteiger partial charge in [-0.3, -0.25) is 4.90 Å². The second kappa shape index (κ2) is 13.9. The van der Waals surface area contributed by atoms with Gasteiger partial charge in [0.2, 0.25) is 0 Å². The molecule has 0 aromatic rings. The van der Waals surface area contributed by atoms with Gasteiger partial charge in [-0.1, -0.05) is 38.5 Å². The van der Waals surface area contributed by atoms with Crippen molar-refractivity contribution in [3.8, 4) is 0 Å². The van der Waals surface area contributed by atoms with Crippen molar-refractivity contribution < 1.29 is 0 Å². The van der Waals surface area contributed by atoms with Gasteiger partial charge in [-0.2, -0.15) is 0 Å². The highest BCUT2D eigenvalue weighted by Crippen LogP contribution is 2.18. The van der Waals surface area contributed by atoms with Gasteiger partial charge >= 0.3 is 0 Å². The van der Waals surface area contributed by atoms with Crippen LogP contribution in [-0.2, 0) is 0 Å². The molecule has 1 saturated heterocycles. The van der Waals surface area contributed by atoms with Gasteiger partial charge < -0.3 is 21.3 Å². The van der Waals surface area contributed by atoms with Crippen molar-refractivity contribution >= 4 is 0 Å². The Balaban J connectivity index is 1.32. The smallest absolute Gasteiger partial charge is 0.0108 e. The summed E-state index contributed by atoms with van der Waals surface area (Å²) in [4.78, 5) is 2.68. The second-order valence-electron chi connectivity index (χ2n) is 9.40. The van der Waals surface area contributed by atoms with E-state index in [2.05, 4.69) is 26.2 Å². The largest absolute Gasteiger partial charge is 0.317 e. The average Bonchev–Trinajstić information content (AvgIpc) is 2.76. The van der Waals surface area contributed by atoms with Gasteiger partial charge in [0, 0.05) is 57.4 Å². The quantitative estimate of drug-likeness (QED) is 0.410. The Kier molecular flexibility index (Phi) is 11.2. The number of nitrogens with one attached hydrogen (secondary N) is 4. The summed E-state index contributed by atoms with van der Waals surface area (Å²) in [7, 11) is 0. The molecule has 0 amide bonds. The highest BCUT2D eigenvalue weighted by molar-refractivity contribution is 4.77. The SMILES string of the molecule is C1CCC(NCCN(CCNC2CCCCC2)CCNC2CCNCC2)CC1. The van der Waals surface area contributed by atoms with E-state index < -0.39 is 0 Å². The van der Waals surface area contributed by atoms with Gasteiger partial charge in [-0.25, -0.2) is 0 Å². The molecule has 28 heavy (non-hydrogen) atoms. The maximum Gasteiger partial charge on any atom is 0.0108 e. The van der Waals surface area contributed by atoms with Gasteiger partial charge in [0.05, 0.1) is 0 Å². The van der Waals surface area contributed by atoms with Crippen molar-refractivity contribution in [2.45, 2.75) is 95.2 Å². The molecule has 5 nitrogen and oxygen atoms in total. The minimum absolute atomic E-state index is 0.726. The first-order valence-electron chi connectivity index (χ1n) is 12.5. The number of hydrogen-bond acceptors (Lipinski definition) is 5. The Labute approximate surface area is 174 Å². The molecule has 3 rings (SSSR count). The molecule has 1 heterocycles. The Morgan fingerprint density at radius 1 is 0.536 bits per heavy atom. The van der Waals surface area contributed by atoms with Gasteiger partial charge in [-0.05, 0) is 51.6 Å². The molecular weight excluding hydrogens is 346 g/mol. The summed E-state index contributed by atoms with van der Waals surface area (Å²) in [6.45, 7) is 9.37. The topological polar surface area (TPSA) is 51.4 Å². The zero-order chi connectivity index (χ0) is 19.3. The molecule has 3 aliphatic rings. The van der Waals surface area contributed by atoms with Crippen LogP contribution in [-0.4, -0.2) is 75.4 Å². The van der Waals surface area contributed by atoms with Crippen molar-refractivity contribution in [2.24, 2.45) is 0 Å². The van der Waals surface area contributed by atoms with E-state index >= 15 is 0 Å². The Hall–Kier alpha value is -0.200. The van der Waals surface area contributed by atoms with Crippen molar-refractivity contribution in [3.05, 3.63) is 0 Å². The third-order valence-electron chi connectivity index (χ3n) is 7.13. The van der Waals surface area contributed by atoms with E-state index in [-0.39, 0.29) is 0 Å². The van der Waals surface area contributed by atoms with Crippen LogP contribution in [0.25, 0.3) is 0 Å². The second-order valence-corrected chi connectivity index (χ2v) is 9.40. The van der Waals surface area contributed by atoms with Crippen molar-refractivity contribution in [1.29, 1.82) is 0 Å². The first kappa shape index (κ1) is 22.5. The predicted octanol–water partition coefficient (Wildman–Crippen LogP) is 2.47. The molecule has 0 bridgehead atoms. The van der Waals surface area contributed by atoms with Gasteiger partial charge in [0.1, 0.15) is 0 Å². The number of rotatable bonds is 12. The summed E-state index contributed by atoms with van der Waals surface area (Å²) < 4.78 is 0. The molecule has 0 unspecified atom stereocenters. The summed E-state index contributed by atoms with van der Waals surface area (Å²) in [6.07, 6.45) is 16.7. The minimum Gasteiger partial charge on any atom is -0.317 e. The highest BCUT2D eigenvalue weighted by atomic mass is 15.2.